The van der Waals surface area contributed by atoms with Crippen LogP contribution in [0.15, 0.2) is 24.3 Å². The van der Waals surface area contributed by atoms with Crippen LogP contribution < -0.4 is 0 Å². The highest BCUT2D eigenvalue weighted by molar-refractivity contribution is 5.99. The fourth-order valence-electron chi connectivity index (χ4n) is 4.40. The molecule has 0 heterocycles. The van der Waals surface area contributed by atoms with Gasteiger partial charge >= 0.3 is 5.97 Å². The van der Waals surface area contributed by atoms with E-state index >= 15 is 0 Å². The first kappa shape index (κ1) is 26.0. The second-order valence-corrected chi connectivity index (χ2v) is 11.3. The molecule has 0 fully saturated rings. The Morgan fingerprint density at radius 2 is 1.47 bits per heavy atom. The van der Waals surface area contributed by atoms with E-state index in [-0.39, 0.29) is 22.6 Å². The highest BCUT2D eigenvalue weighted by Crippen LogP contribution is 2.48. The Labute approximate surface area is 194 Å². The smallest absolute Gasteiger partial charge is 0.336 e. The molecule has 0 saturated heterocycles. The van der Waals surface area contributed by atoms with Crippen molar-refractivity contribution in [1.82, 2.24) is 0 Å². The van der Waals surface area contributed by atoms with Crippen LogP contribution >= 0.6 is 0 Å². The van der Waals surface area contributed by atoms with E-state index in [1.54, 1.807) is 6.07 Å². The predicted octanol–water partition coefficient (Wildman–Crippen LogP) is 8.38. The van der Waals surface area contributed by atoms with Gasteiger partial charge in [-0.25, -0.2) is 4.79 Å². The lowest BCUT2D eigenvalue weighted by molar-refractivity contribution is 0.0697. The highest BCUT2D eigenvalue weighted by Gasteiger charge is 2.33. The van der Waals surface area contributed by atoms with Gasteiger partial charge in [-0.2, -0.15) is 0 Å². The van der Waals surface area contributed by atoms with Crippen LogP contribution in [-0.2, 0) is 10.8 Å². The molecular weight excluding hydrogens is 396 g/mol. The maximum atomic E-state index is 12.6. The minimum Gasteiger partial charge on any atom is -0.507 e. The predicted molar refractivity (Wildman–Crippen MR) is 135 cm³/mol. The molecule has 2 aromatic rings. The number of benzene rings is 2. The van der Waals surface area contributed by atoms with Gasteiger partial charge in [0.05, 0.1) is 5.56 Å². The van der Waals surface area contributed by atoms with E-state index in [4.69, 9.17) is 0 Å². The molecular formula is C29H42O3. The Bertz CT molecular complexity index is 987. The molecule has 0 spiro atoms. The first-order valence-corrected chi connectivity index (χ1v) is 11.9. The number of aromatic carboxylic acids is 1. The van der Waals surface area contributed by atoms with E-state index in [0.717, 1.165) is 24.0 Å². The third-order valence-electron chi connectivity index (χ3n) is 6.76. The van der Waals surface area contributed by atoms with E-state index in [9.17, 15) is 15.0 Å². The molecule has 0 aliphatic heterocycles. The van der Waals surface area contributed by atoms with E-state index in [1.165, 1.54) is 5.56 Å². The summed E-state index contributed by atoms with van der Waals surface area (Å²) in [6.07, 6.45) is 2.00. The zero-order valence-electron chi connectivity index (χ0n) is 21.7. The van der Waals surface area contributed by atoms with Gasteiger partial charge in [-0.15, -0.1) is 0 Å². The molecule has 3 nitrogen and oxygen atoms in total. The number of hydrogen-bond acceptors (Lipinski definition) is 2. The number of carboxylic acid groups (broad SMARTS) is 1. The fourth-order valence-corrected chi connectivity index (χ4v) is 4.40. The first-order valence-electron chi connectivity index (χ1n) is 11.9. The maximum absolute atomic E-state index is 12.6. The van der Waals surface area contributed by atoms with Crippen LogP contribution in [0.1, 0.15) is 127 Å². The zero-order valence-corrected chi connectivity index (χ0v) is 21.7. The Morgan fingerprint density at radius 1 is 0.906 bits per heavy atom. The number of hydrogen-bond donors (Lipinski definition) is 2. The average molecular weight is 439 g/mol. The van der Waals surface area contributed by atoms with Crippen molar-refractivity contribution in [1.29, 1.82) is 0 Å². The largest absolute Gasteiger partial charge is 0.507 e. The van der Waals surface area contributed by atoms with Gasteiger partial charge in [-0.1, -0.05) is 87.4 Å². The molecule has 0 bridgehead atoms. The SMILES string of the molecule is CCC(C)c1ccc(-c2c(C(=O)O)cc(C(C)(C)C)c(O)c2C(C)(C)C)c(C(C)CC)c1. The van der Waals surface area contributed by atoms with Gasteiger partial charge in [-0.3, -0.25) is 0 Å². The summed E-state index contributed by atoms with van der Waals surface area (Å²) < 4.78 is 0. The average Bonchev–Trinajstić information content (AvgIpc) is 2.69. The summed E-state index contributed by atoms with van der Waals surface area (Å²) >= 11 is 0. The van der Waals surface area contributed by atoms with E-state index in [2.05, 4.69) is 45.9 Å². The van der Waals surface area contributed by atoms with E-state index in [1.807, 2.05) is 41.5 Å². The Hall–Kier alpha value is -2.29. The summed E-state index contributed by atoms with van der Waals surface area (Å²) in [5.41, 5.74) is 4.83. The molecule has 2 rings (SSSR count). The van der Waals surface area contributed by atoms with E-state index in [0.29, 0.717) is 22.6 Å². The summed E-state index contributed by atoms with van der Waals surface area (Å²) in [7, 11) is 0. The lowest BCUT2D eigenvalue weighted by Crippen LogP contribution is -2.21. The molecule has 0 aromatic heterocycles. The van der Waals surface area contributed by atoms with Crippen LogP contribution in [0.5, 0.6) is 5.75 Å². The number of phenolic OH excluding ortho intramolecular Hbond substituents is 1. The quantitative estimate of drug-likeness (QED) is 0.476. The van der Waals surface area contributed by atoms with Crippen LogP contribution in [0.3, 0.4) is 0 Å². The number of carbonyl (C=O) groups is 1. The van der Waals surface area contributed by atoms with Gasteiger partial charge in [0.2, 0.25) is 0 Å². The van der Waals surface area contributed by atoms with Crippen molar-refractivity contribution in [3.8, 4) is 16.9 Å². The number of aromatic hydroxyl groups is 1. The second kappa shape index (κ2) is 9.29. The summed E-state index contributed by atoms with van der Waals surface area (Å²) in [5.74, 6) is -0.0410. The van der Waals surface area contributed by atoms with Crippen LogP contribution in [0.2, 0.25) is 0 Å². The molecule has 0 amide bonds. The molecule has 2 N–H and O–H groups in total. The standard InChI is InChI=1S/C29H42O3/c1-11-17(3)19-13-14-20(21(15-19)18(4)12-2)24-22(27(31)32)16-23(28(5,6)7)26(30)25(24)29(8,9)10/h13-18,30H,11-12H2,1-10H3,(H,31,32). The third kappa shape index (κ3) is 5.03. The van der Waals surface area contributed by atoms with Gasteiger partial charge in [0, 0.05) is 16.7 Å². The van der Waals surface area contributed by atoms with Crippen molar-refractivity contribution in [3.63, 3.8) is 0 Å². The molecule has 0 saturated carbocycles. The molecule has 2 atom stereocenters. The van der Waals surface area contributed by atoms with Gasteiger partial charge < -0.3 is 10.2 Å². The van der Waals surface area contributed by atoms with Crippen molar-refractivity contribution in [3.05, 3.63) is 52.1 Å². The summed E-state index contributed by atoms with van der Waals surface area (Å²) in [4.78, 5) is 12.6. The maximum Gasteiger partial charge on any atom is 0.336 e. The highest BCUT2D eigenvalue weighted by atomic mass is 16.4. The van der Waals surface area contributed by atoms with Gasteiger partial charge in [0.15, 0.2) is 0 Å². The summed E-state index contributed by atoms with van der Waals surface area (Å²) in [6, 6.07) is 8.15. The van der Waals surface area contributed by atoms with Gasteiger partial charge in [0.25, 0.3) is 0 Å². The first-order chi connectivity index (χ1) is 14.6. The van der Waals surface area contributed by atoms with Crippen LogP contribution in [0.4, 0.5) is 0 Å². The van der Waals surface area contributed by atoms with Crippen molar-refractivity contribution in [2.24, 2.45) is 0 Å². The normalized spacial score (nSPS) is 14.3. The molecule has 32 heavy (non-hydrogen) atoms. The Morgan fingerprint density at radius 3 is 1.91 bits per heavy atom. The molecule has 2 aromatic carbocycles. The molecule has 0 aliphatic carbocycles. The third-order valence-corrected chi connectivity index (χ3v) is 6.76. The van der Waals surface area contributed by atoms with Crippen molar-refractivity contribution < 1.29 is 15.0 Å². The molecule has 2 unspecified atom stereocenters. The molecule has 3 heteroatoms. The molecule has 176 valence electrons. The Kier molecular flexibility index (Phi) is 7.54. The summed E-state index contributed by atoms with van der Waals surface area (Å²) in [5, 5.41) is 21.8. The van der Waals surface area contributed by atoms with Gasteiger partial charge in [-0.05, 0) is 58.3 Å². The van der Waals surface area contributed by atoms with E-state index < -0.39 is 11.4 Å². The van der Waals surface area contributed by atoms with Crippen LogP contribution in [-0.4, -0.2) is 16.2 Å². The van der Waals surface area contributed by atoms with Crippen molar-refractivity contribution >= 4 is 5.97 Å². The lowest BCUT2D eigenvalue weighted by atomic mass is 9.73. The topological polar surface area (TPSA) is 57.5 Å². The minimum absolute atomic E-state index is 0.214. The lowest BCUT2D eigenvalue weighted by Gasteiger charge is -2.32. The summed E-state index contributed by atoms with van der Waals surface area (Å²) in [6.45, 7) is 20.9. The van der Waals surface area contributed by atoms with Crippen LogP contribution in [0.25, 0.3) is 11.1 Å². The number of rotatable bonds is 6. The van der Waals surface area contributed by atoms with Gasteiger partial charge in [0.1, 0.15) is 5.75 Å². The van der Waals surface area contributed by atoms with Crippen LogP contribution in [0, 0.1) is 0 Å². The Balaban J connectivity index is 3.09. The number of carboxylic acids is 1. The molecule has 0 radical (unpaired) electrons. The van der Waals surface area contributed by atoms with Crippen molar-refractivity contribution in [2.45, 2.75) is 105 Å². The molecule has 0 aliphatic rings. The van der Waals surface area contributed by atoms with Crippen molar-refractivity contribution in [2.75, 3.05) is 0 Å². The fraction of sp³-hybridized carbons (Fsp3) is 0.552. The minimum atomic E-state index is -0.961. The second-order valence-electron chi connectivity index (χ2n) is 11.3. The monoisotopic (exact) mass is 438 g/mol. The zero-order chi connectivity index (χ0) is 24.6. The number of phenols is 1.